The van der Waals surface area contributed by atoms with Crippen LogP contribution in [0.4, 0.5) is 11.4 Å². The molecule has 0 unspecified atom stereocenters. The van der Waals surface area contributed by atoms with Gasteiger partial charge in [-0.3, -0.25) is 4.79 Å². The fourth-order valence-corrected chi connectivity index (χ4v) is 2.88. The van der Waals surface area contributed by atoms with Gasteiger partial charge in [0.1, 0.15) is 5.75 Å². The number of benzene rings is 2. The highest BCUT2D eigenvalue weighted by Gasteiger charge is 2.20. The maximum absolute atomic E-state index is 12.4. The Morgan fingerprint density at radius 3 is 2.50 bits per heavy atom. The van der Waals surface area contributed by atoms with E-state index in [0.717, 1.165) is 37.6 Å². The van der Waals surface area contributed by atoms with Gasteiger partial charge in [0.25, 0.3) is 0 Å². The molecule has 1 aliphatic rings. The summed E-state index contributed by atoms with van der Waals surface area (Å²) in [6.45, 7) is 3.56. The zero-order chi connectivity index (χ0) is 16.8. The Hall–Kier alpha value is -2.69. The van der Waals surface area contributed by atoms with Gasteiger partial charge in [-0.1, -0.05) is 24.3 Å². The van der Waals surface area contributed by atoms with Gasteiger partial charge in [0.05, 0.1) is 13.7 Å². The molecule has 24 heavy (non-hydrogen) atoms. The summed E-state index contributed by atoms with van der Waals surface area (Å²) >= 11 is 0. The van der Waals surface area contributed by atoms with Crippen molar-refractivity contribution in [1.82, 2.24) is 4.90 Å². The Labute approximate surface area is 142 Å². The van der Waals surface area contributed by atoms with Crippen molar-refractivity contribution in [2.45, 2.75) is 0 Å². The molecular weight excluding hydrogens is 302 g/mol. The van der Waals surface area contributed by atoms with Gasteiger partial charge in [0, 0.05) is 43.6 Å². The summed E-state index contributed by atoms with van der Waals surface area (Å²) in [7, 11) is 1.64. The summed E-state index contributed by atoms with van der Waals surface area (Å²) in [5.74, 6) is 0.912. The lowest BCUT2D eigenvalue weighted by atomic mass is 10.2. The first-order chi connectivity index (χ1) is 11.8. The van der Waals surface area contributed by atoms with Gasteiger partial charge in [-0.05, 0) is 24.3 Å². The quantitative estimate of drug-likeness (QED) is 0.917. The summed E-state index contributed by atoms with van der Waals surface area (Å²) in [5.41, 5.74) is 2.12. The lowest BCUT2D eigenvalue weighted by Crippen LogP contribution is -2.50. The van der Waals surface area contributed by atoms with E-state index in [1.807, 2.05) is 47.4 Å². The minimum Gasteiger partial charge on any atom is -0.497 e. The van der Waals surface area contributed by atoms with Gasteiger partial charge in [-0.2, -0.15) is 0 Å². The molecule has 0 spiro atoms. The van der Waals surface area contributed by atoms with Crippen molar-refractivity contribution in [1.29, 1.82) is 0 Å². The van der Waals surface area contributed by atoms with E-state index in [-0.39, 0.29) is 5.91 Å². The fraction of sp³-hybridized carbons (Fsp3) is 0.316. The van der Waals surface area contributed by atoms with Gasteiger partial charge in [0.2, 0.25) is 5.91 Å². The van der Waals surface area contributed by atoms with Crippen LogP contribution >= 0.6 is 0 Å². The lowest BCUT2D eigenvalue weighted by Gasteiger charge is -2.36. The van der Waals surface area contributed by atoms with Crippen LogP contribution < -0.4 is 15.0 Å². The number of ether oxygens (including phenoxy) is 1. The standard InChI is InChI=1S/C19H23N3O2/c1-24-18-9-5-6-16(14-18)20-15-19(23)22-12-10-21(11-13-22)17-7-3-2-4-8-17/h2-9,14,20H,10-13,15H2,1H3. The normalized spacial score (nSPS) is 14.4. The SMILES string of the molecule is COc1cccc(NCC(=O)N2CCN(c3ccccc3)CC2)c1. The van der Waals surface area contributed by atoms with E-state index >= 15 is 0 Å². The number of hydrogen-bond acceptors (Lipinski definition) is 4. The monoisotopic (exact) mass is 325 g/mol. The first-order valence-corrected chi connectivity index (χ1v) is 8.22. The van der Waals surface area contributed by atoms with Gasteiger partial charge in [0.15, 0.2) is 0 Å². The molecule has 0 aromatic heterocycles. The molecular formula is C19H23N3O2. The molecule has 5 heteroatoms. The predicted molar refractivity (Wildman–Crippen MR) is 96.7 cm³/mol. The summed E-state index contributed by atoms with van der Waals surface area (Å²) in [5, 5.41) is 3.17. The maximum atomic E-state index is 12.4. The number of anilines is 2. The second-order valence-electron chi connectivity index (χ2n) is 5.79. The van der Waals surface area contributed by atoms with Gasteiger partial charge in [-0.15, -0.1) is 0 Å². The van der Waals surface area contributed by atoms with Crippen molar-refractivity contribution in [3.05, 3.63) is 54.6 Å². The van der Waals surface area contributed by atoms with Crippen molar-refractivity contribution in [2.75, 3.05) is 50.1 Å². The van der Waals surface area contributed by atoms with Crippen LogP contribution in [0.2, 0.25) is 0 Å². The minimum absolute atomic E-state index is 0.130. The molecule has 1 saturated heterocycles. The Morgan fingerprint density at radius 1 is 1.04 bits per heavy atom. The molecule has 0 aliphatic carbocycles. The van der Waals surface area contributed by atoms with Crippen LogP contribution in [0, 0.1) is 0 Å². The second kappa shape index (κ2) is 7.73. The van der Waals surface area contributed by atoms with Crippen LogP contribution in [0.15, 0.2) is 54.6 Å². The Kier molecular flexibility index (Phi) is 5.21. The van der Waals surface area contributed by atoms with Crippen LogP contribution in [-0.2, 0) is 4.79 Å². The number of nitrogens with zero attached hydrogens (tertiary/aromatic N) is 2. The molecule has 0 saturated carbocycles. The molecule has 2 aromatic carbocycles. The molecule has 1 amide bonds. The largest absolute Gasteiger partial charge is 0.497 e. The Bertz CT molecular complexity index is 667. The van der Waals surface area contributed by atoms with Gasteiger partial charge >= 0.3 is 0 Å². The first kappa shape index (κ1) is 16.2. The van der Waals surface area contributed by atoms with Gasteiger partial charge in [-0.25, -0.2) is 0 Å². The van der Waals surface area contributed by atoms with Crippen LogP contribution in [0.1, 0.15) is 0 Å². The third-order valence-electron chi connectivity index (χ3n) is 4.27. The number of carbonyl (C=O) groups is 1. The van der Waals surface area contributed by atoms with Crippen molar-refractivity contribution in [3.63, 3.8) is 0 Å². The van der Waals surface area contributed by atoms with E-state index in [9.17, 15) is 4.79 Å². The topological polar surface area (TPSA) is 44.8 Å². The highest BCUT2D eigenvalue weighted by Crippen LogP contribution is 2.17. The van der Waals surface area contributed by atoms with E-state index < -0.39 is 0 Å². The lowest BCUT2D eigenvalue weighted by molar-refractivity contribution is -0.129. The number of methoxy groups -OCH3 is 1. The summed E-state index contributed by atoms with van der Waals surface area (Å²) in [6, 6.07) is 18.0. The van der Waals surface area contributed by atoms with E-state index in [1.165, 1.54) is 5.69 Å². The zero-order valence-corrected chi connectivity index (χ0v) is 13.9. The van der Waals surface area contributed by atoms with E-state index in [2.05, 4.69) is 22.3 Å². The molecule has 1 N–H and O–H groups in total. The number of piperazine rings is 1. The number of amides is 1. The molecule has 5 nitrogen and oxygen atoms in total. The van der Waals surface area contributed by atoms with Crippen LogP contribution in [-0.4, -0.2) is 50.6 Å². The average Bonchev–Trinajstić information content (AvgIpc) is 2.67. The highest BCUT2D eigenvalue weighted by molar-refractivity contribution is 5.81. The van der Waals surface area contributed by atoms with Crippen LogP contribution in [0.3, 0.4) is 0 Å². The first-order valence-electron chi connectivity index (χ1n) is 8.22. The zero-order valence-electron chi connectivity index (χ0n) is 13.9. The third kappa shape index (κ3) is 3.98. The molecule has 0 radical (unpaired) electrons. The minimum atomic E-state index is 0.130. The highest BCUT2D eigenvalue weighted by atomic mass is 16.5. The fourth-order valence-electron chi connectivity index (χ4n) is 2.88. The second-order valence-corrected chi connectivity index (χ2v) is 5.79. The van der Waals surface area contributed by atoms with Crippen molar-refractivity contribution in [2.24, 2.45) is 0 Å². The van der Waals surface area contributed by atoms with Crippen molar-refractivity contribution >= 4 is 17.3 Å². The van der Waals surface area contributed by atoms with E-state index in [4.69, 9.17) is 4.74 Å². The van der Waals surface area contributed by atoms with E-state index in [0.29, 0.717) is 6.54 Å². The van der Waals surface area contributed by atoms with Crippen LogP contribution in [0.5, 0.6) is 5.75 Å². The molecule has 1 fully saturated rings. The molecule has 1 heterocycles. The van der Waals surface area contributed by atoms with Crippen molar-refractivity contribution in [3.8, 4) is 5.75 Å². The molecule has 2 aromatic rings. The summed E-state index contributed by atoms with van der Waals surface area (Å²) < 4.78 is 5.19. The smallest absolute Gasteiger partial charge is 0.241 e. The summed E-state index contributed by atoms with van der Waals surface area (Å²) in [6.07, 6.45) is 0. The number of rotatable bonds is 5. The maximum Gasteiger partial charge on any atom is 0.241 e. The molecule has 3 rings (SSSR count). The molecule has 126 valence electrons. The molecule has 0 bridgehead atoms. The predicted octanol–water partition coefficient (Wildman–Crippen LogP) is 2.46. The Balaban J connectivity index is 1.48. The number of carbonyl (C=O) groups excluding carboxylic acids is 1. The van der Waals surface area contributed by atoms with Crippen molar-refractivity contribution < 1.29 is 9.53 Å². The molecule has 0 atom stereocenters. The third-order valence-corrected chi connectivity index (χ3v) is 4.27. The Morgan fingerprint density at radius 2 is 1.79 bits per heavy atom. The number of para-hydroxylation sites is 1. The number of nitrogens with one attached hydrogen (secondary N) is 1. The van der Waals surface area contributed by atoms with Crippen LogP contribution in [0.25, 0.3) is 0 Å². The summed E-state index contributed by atoms with van der Waals surface area (Å²) in [4.78, 5) is 16.6. The molecule has 1 aliphatic heterocycles. The average molecular weight is 325 g/mol. The van der Waals surface area contributed by atoms with E-state index in [1.54, 1.807) is 7.11 Å². The van der Waals surface area contributed by atoms with Gasteiger partial charge < -0.3 is 19.9 Å². The number of hydrogen-bond donors (Lipinski definition) is 1.